The Morgan fingerprint density at radius 2 is 1.76 bits per heavy atom. The molecule has 6 nitrogen and oxygen atoms in total. The number of hydrogen-bond acceptors (Lipinski definition) is 5. The number of amides is 1. The number of carbonyl (C=O) groups excluding carboxylic acids is 1. The lowest BCUT2D eigenvalue weighted by Gasteiger charge is -2.36. The number of rotatable bonds is 6. The first kappa shape index (κ1) is 23.0. The van der Waals surface area contributed by atoms with Gasteiger partial charge in [0.15, 0.2) is 0 Å². The predicted molar refractivity (Wildman–Crippen MR) is 133 cm³/mol. The molecule has 3 N–H and O–H groups in total. The molecule has 0 spiro atoms. The maximum absolute atomic E-state index is 13.8. The Kier molecular flexibility index (Phi) is 6.18. The van der Waals surface area contributed by atoms with Crippen LogP contribution in [0, 0.1) is 5.82 Å². The monoisotopic (exact) mass is 464 g/mol. The zero-order chi connectivity index (χ0) is 23.9. The number of halogens is 1. The molecule has 0 bridgehead atoms. The summed E-state index contributed by atoms with van der Waals surface area (Å²) in [5.41, 5.74) is 10.9. The fraction of sp³-hybridized carbons (Fsp3) is 0.444. The highest BCUT2D eigenvalue weighted by molar-refractivity contribution is 6.36. The predicted octanol–water partition coefficient (Wildman–Crippen LogP) is 3.46. The third kappa shape index (κ3) is 4.87. The molecule has 0 unspecified atom stereocenters. The van der Waals surface area contributed by atoms with E-state index in [2.05, 4.69) is 41.1 Å². The van der Waals surface area contributed by atoms with Gasteiger partial charge in [-0.1, -0.05) is 18.2 Å². The molecule has 5 rings (SSSR count). The fourth-order valence-corrected chi connectivity index (χ4v) is 4.91. The lowest BCUT2D eigenvalue weighted by molar-refractivity contribution is -0.110. The zero-order valence-electron chi connectivity index (χ0n) is 20.0. The molecule has 3 heterocycles. The van der Waals surface area contributed by atoms with Crippen LogP contribution >= 0.6 is 0 Å². The van der Waals surface area contributed by atoms with Crippen LogP contribution in [-0.2, 0) is 22.6 Å². The van der Waals surface area contributed by atoms with E-state index in [0.29, 0.717) is 29.2 Å². The summed E-state index contributed by atoms with van der Waals surface area (Å²) in [5.74, 6) is -0.0761. The largest absolute Gasteiger partial charge is 0.487 e. The maximum Gasteiger partial charge on any atom is 0.260 e. The molecule has 3 aliphatic heterocycles. The Morgan fingerprint density at radius 1 is 1.03 bits per heavy atom. The minimum Gasteiger partial charge on any atom is -0.487 e. The molecule has 2 aromatic carbocycles. The van der Waals surface area contributed by atoms with Crippen LogP contribution in [-0.4, -0.2) is 60.5 Å². The van der Waals surface area contributed by atoms with E-state index in [1.165, 1.54) is 17.7 Å². The van der Waals surface area contributed by atoms with Gasteiger partial charge in [0.2, 0.25) is 0 Å². The van der Waals surface area contributed by atoms with Crippen LogP contribution in [0.4, 0.5) is 10.1 Å². The van der Waals surface area contributed by atoms with E-state index < -0.39 is 0 Å². The van der Waals surface area contributed by atoms with Gasteiger partial charge in [-0.2, -0.15) is 0 Å². The molecule has 2 aromatic rings. The smallest absolute Gasteiger partial charge is 0.260 e. The number of anilines is 1. The molecule has 0 atom stereocenters. The van der Waals surface area contributed by atoms with Gasteiger partial charge in [0.1, 0.15) is 18.2 Å². The summed E-state index contributed by atoms with van der Waals surface area (Å²) in [6.45, 7) is 11.0. The first-order chi connectivity index (χ1) is 16.3. The maximum atomic E-state index is 13.8. The molecule has 1 amide bonds. The van der Waals surface area contributed by atoms with E-state index in [1.54, 1.807) is 6.07 Å². The summed E-state index contributed by atoms with van der Waals surface area (Å²) in [5, 5.41) is 2.81. The SMILES string of the molecule is CC(C)(N)CCN1CCN(CCc2ccc3c(c2)CO/C3=C2/C(=O)Nc3ccc(F)cc32)CC1. The molecule has 0 radical (unpaired) electrons. The average molecular weight is 465 g/mol. The van der Waals surface area contributed by atoms with Gasteiger partial charge < -0.3 is 25.6 Å². The van der Waals surface area contributed by atoms with Crippen LogP contribution in [0.2, 0.25) is 0 Å². The first-order valence-electron chi connectivity index (χ1n) is 12.1. The van der Waals surface area contributed by atoms with Gasteiger partial charge in [-0.05, 0) is 57.0 Å². The number of nitrogens with one attached hydrogen (secondary N) is 1. The van der Waals surface area contributed by atoms with Crippen molar-refractivity contribution in [3.8, 4) is 0 Å². The molecule has 0 saturated carbocycles. The third-order valence-corrected chi connectivity index (χ3v) is 6.99. The van der Waals surface area contributed by atoms with Gasteiger partial charge in [0, 0.05) is 60.6 Å². The number of nitrogens with two attached hydrogens (primary N) is 1. The first-order valence-corrected chi connectivity index (χ1v) is 12.1. The van der Waals surface area contributed by atoms with Crippen LogP contribution in [0.1, 0.15) is 42.5 Å². The summed E-state index contributed by atoms with van der Waals surface area (Å²) in [7, 11) is 0. The summed E-state index contributed by atoms with van der Waals surface area (Å²) < 4.78 is 19.8. The van der Waals surface area contributed by atoms with Crippen molar-refractivity contribution in [3.05, 3.63) is 64.5 Å². The number of hydrogen-bond donors (Lipinski definition) is 2. The zero-order valence-corrected chi connectivity index (χ0v) is 20.0. The van der Waals surface area contributed by atoms with E-state index >= 15 is 0 Å². The van der Waals surface area contributed by atoms with Crippen molar-refractivity contribution in [1.29, 1.82) is 0 Å². The topological polar surface area (TPSA) is 70.8 Å². The molecular formula is C27H33FN4O2. The molecule has 1 fully saturated rings. The van der Waals surface area contributed by atoms with Gasteiger partial charge in [0.05, 0.1) is 5.57 Å². The normalized spacial score (nSPS) is 20.8. The summed E-state index contributed by atoms with van der Waals surface area (Å²) in [6.07, 6.45) is 1.99. The number of carbonyl (C=O) groups is 1. The molecule has 7 heteroatoms. The van der Waals surface area contributed by atoms with Crippen LogP contribution < -0.4 is 11.1 Å². The second kappa shape index (κ2) is 9.13. The Hall–Kier alpha value is -2.74. The van der Waals surface area contributed by atoms with Gasteiger partial charge in [-0.25, -0.2) is 4.39 Å². The Balaban J connectivity index is 1.22. The van der Waals surface area contributed by atoms with Crippen molar-refractivity contribution >= 4 is 22.9 Å². The van der Waals surface area contributed by atoms with Gasteiger partial charge in [0.25, 0.3) is 5.91 Å². The number of fused-ring (bicyclic) bond motifs is 2. The van der Waals surface area contributed by atoms with Gasteiger partial charge in [-0.15, -0.1) is 0 Å². The summed E-state index contributed by atoms with van der Waals surface area (Å²) >= 11 is 0. The quantitative estimate of drug-likeness (QED) is 0.641. The lowest BCUT2D eigenvalue weighted by atomic mass is 9.98. The van der Waals surface area contributed by atoms with E-state index in [1.807, 2.05) is 6.07 Å². The van der Waals surface area contributed by atoms with Crippen LogP contribution in [0.25, 0.3) is 11.3 Å². The van der Waals surface area contributed by atoms with Crippen molar-refractivity contribution < 1.29 is 13.9 Å². The highest BCUT2D eigenvalue weighted by atomic mass is 19.1. The third-order valence-electron chi connectivity index (χ3n) is 6.99. The van der Waals surface area contributed by atoms with Crippen molar-refractivity contribution in [2.45, 2.75) is 38.8 Å². The van der Waals surface area contributed by atoms with Crippen molar-refractivity contribution in [2.75, 3.05) is 44.6 Å². The second-order valence-electron chi connectivity index (χ2n) is 10.3. The molecule has 0 aliphatic carbocycles. The lowest BCUT2D eigenvalue weighted by Crippen LogP contribution is -2.48. The van der Waals surface area contributed by atoms with E-state index in [-0.39, 0.29) is 17.3 Å². The minimum atomic E-state index is -0.369. The van der Waals surface area contributed by atoms with Crippen molar-refractivity contribution in [3.63, 3.8) is 0 Å². The van der Waals surface area contributed by atoms with Gasteiger partial charge in [-0.3, -0.25) is 4.79 Å². The van der Waals surface area contributed by atoms with Crippen LogP contribution in [0.5, 0.6) is 0 Å². The second-order valence-corrected chi connectivity index (χ2v) is 10.3. The Bertz CT molecular complexity index is 1130. The van der Waals surface area contributed by atoms with E-state index in [4.69, 9.17) is 10.5 Å². The van der Waals surface area contributed by atoms with E-state index in [9.17, 15) is 9.18 Å². The highest BCUT2D eigenvalue weighted by Gasteiger charge is 2.33. The fourth-order valence-electron chi connectivity index (χ4n) is 4.91. The van der Waals surface area contributed by atoms with Crippen LogP contribution in [0.3, 0.4) is 0 Å². The molecule has 1 saturated heterocycles. The summed E-state index contributed by atoms with van der Waals surface area (Å²) in [6, 6.07) is 10.7. The highest BCUT2D eigenvalue weighted by Crippen LogP contribution is 2.42. The number of ether oxygens (including phenoxy) is 1. The average Bonchev–Trinajstić information content (AvgIpc) is 3.35. The van der Waals surface area contributed by atoms with Gasteiger partial charge >= 0.3 is 0 Å². The molecule has 34 heavy (non-hydrogen) atoms. The number of benzene rings is 2. The summed E-state index contributed by atoms with van der Waals surface area (Å²) in [4.78, 5) is 17.6. The van der Waals surface area contributed by atoms with Crippen LogP contribution in [0.15, 0.2) is 36.4 Å². The van der Waals surface area contributed by atoms with Crippen molar-refractivity contribution in [2.24, 2.45) is 5.73 Å². The molecular weight excluding hydrogens is 431 g/mol. The molecule has 180 valence electrons. The standard InChI is InChI=1S/C27H33FN4O2/c1-27(2,29)8-10-32-13-11-31(12-14-32)9-7-18-3-5-21-19(15-18)17-34-25(21)24-22-16-20(28)4-6-23(22)30-26(24)33/h3-6,15-16H,7-14,17,29H2,1-2H3,(H,30,33)/b25-24+. The minimum absolute atomic E-state index is 0.106. The van der Waals surface area contributed by atoms with E-state index in [0.717, 1.165) is 63.2 Å². The number of nitrogens with zero attached hydrogens (tertiary/aromatic N) is 2. The molecule has 3 aliphatic rings. The Morgan fingerprint density at radius 3 is 2.50 bits per heavy atom. The molecule has 0 aromatic heterocycles. The van der Waals surface area contributed by atoms with Crippen molar-refractivity contribution in [1.82, 2.24) is 9.80 Å². The number of piperazine rings is 1. The Labute approximate surface area is 200 Å².